The molecule has 0 fully saturated rings. The van der Waals surface area contributed by atoms with Gasteiger partial charge in [0.1, 0.15) is 12.4 Å². The molecule has 0 heterocycles. The normalized spacial score (nSPS) is 14.7. The number of aliphatic hydroxyl groups excluding tert-OH is 2. The van der Waals surface area contributed by atoms with Gasteiger partial charge in [0.15, 0.2) is 0 Å². The van der Waals surface area contributed by atoms with E-state index in [1.807, 2.05) is 0 Å². The van der Waals surface area contributed by atoms with Crippen LogP contribution in [0.4, 0.5) is 0 Å². The number of rotatable bonds is 4. The molecule has 0 aromatic heterocycles. The summed E-state index contributed by atoms with van der Waals surface area (Å²) in [5.74, 6) is 0. The molecule has 0 spiro atoms. The van der Waals surface area contributed by atoms with Crippen LogP contribution in [0.1, 0.15) is 22.0 Å². The van der Waals surface area contributed by atoms with Gasteiger partial charge < -0.3 is 10.2 Å². The highest BCUT2D eigenvalue weighted by Crippen LogP contribution is 2.23. The smallest absolute Gasteiger partial charge is 0.150 e. The number of alkyl halides is 1. The van der Waals surface area contributed by atoms with E-state index in [9.17, 15) is 15.0 Å². The Morgan fingerprint density at radius 3 is 2.53 bits per heavy atom. The highest BCUT2D eigenvalue weighted by Gasteiger charge is 2.17. The minimum atomic E-state index is -0.999. The van der Waals surface area contributed by atoms with Gasteiger partial charge >= 0.3 is 0 Å². The van der Waals surface area contributed by atoms with Gasteiger partial charge in [0.05, 0.1) is 6.10 Å². The highest BCUT2D eigenvalue weighted by molar-refractivity contribution is 9.10. The Balaban J connectivity index is 3.02. The third-order valence-electron chi connectivity index (χ3n) is 1.94. The van der Waals surface area contributed by atoms with E-state index in [1.165, 1.54) is 0 Å². The topological polar surface area (TPSA) is 57.5 Å². The molecule has 3 nitrogen and oxygen atoms in total. The number of halogens is 2. The van der Waals surface area contributed by atoms with Crippen molar-refractivity contribution in [2.24, 2.45) is 0 Å². The second-order valence-electron chi connectivity index (χ2n) is 3.10. The van der Waals surface area contributed by atoms with Gasteiger partial charge in [-0.2, -0.15) is 0 Å². The average Bonchev–Trinajstić information content (AvgIpc) is 2.26. The number of carbonyl (C=O) groups excluding carboxylic acids is 1. The van der Waals surface area contributed by atoms with Crippen LogP contribution in [0, 0.1) is 0 Å². The first-order valence-electron chi connectivity index (χ1n) is 4.26. The van der Waals surface area contributed by atoms with Gasteiger partial charge in [-0.05, 0) is 23.8 Å². The maximum Gasteiger partial charge on any atom is 0.150 e. The fourth-order valence-corrected chi connectivity index (χ4v) is 2.06. The molecular formula is C10H10Br2O3. The average molecular weight is 338 g/mol. The Kier molecular flexibility index (Phi) is 4.92. The molecule has 2 atom stereocenters. The quantitative estimate of drug-likeness (QED) is 0.653. The standard InChI is InChI=1S/C10H10Br2O3/c11-4-9(14)10(15)7-1-6(5-13)2-8(12)3-7/h1-3,5,9-10,14-15H,4H2. The summed E-state index contributed by atoms with van der Waals surface area (Å²) in [6.07, 6.45) is -1.19. The third-order valence-corrected chi connectivity index (χ3v) is 3.06. The van der Waals surface area contributed by atoms with Crippen LogP contribution in [-0.2, 0) is 0 Å². The fourth-order valence-electron chi connectivity index (χ4n) is 1.18. The van der Waals surface area contributed by atoms with Gasteiger partial charge in [0.25, 0.3) is 0 Å². The predicted molar refractivity (Wildman–Crippen MR) is 64.3 cm³/mol. The summed E-state index contributed by atoms with van der Waals surface area (Å²) in [5, 5.41) is 19.4. The second-order valence-corrected chi connectivity index (χ2v) is 4.67. The van der Waals surface area contributed by atoms with Crippen molar-refractivity contribution in [3.63, 3.8) is 0 Å². The molecule has 2 unspecified atom stereocenters. The lowest BCUT2D eigenvalue weighted by molar-refractivity contribution is 0.0342. The maximum absolute atomic E-state index is 10.6. The van der Waals surface area contributed by atoms with Crippen LogP contribution in [-0.4, -0.2) is 27.9 Å². The van der Waals surface area contributed by atoms with Crippen molar-refractivity contribution < 1.29 is 15.0 Å². The summed E-state index contributed by atoms with van der Waals surface area (Å²) in [4.78, 5) is 10.6. The van der Waals surface area contributed by atoms with Crippen LogP contribution in [0.25, 0.3) is 0 Å². The van der Waals surface area contributed by atoms with Crippen molar-refractivity contribution in [2.45, 2.75) is 12.2 Å². The fraction of sp³-hybridized carbons (Fsp3) is 0.300. The zero-order valence-corrected chi connectivity index (χ0v) is 10.9. The van der Waals surface area contributed by atoms with Crippen LogP contribution in [0.2, 0.25) is 0 Å². The lowest BCUT2D eigenvalue weighted by Gasteiger charge is -2.16. The zero-order valence-electron chi connectivity index (χ0n) is 7.73. The summed E-state index contributed by atoms with van der Waals surface area (Å²) in [5.41, 5.74) is 0.971. The van der Waals surface area contributed by atoms with Gasteiger partial charge in [-0.1, -0.05) is 31.9 Å². The Bertz CT molecular complexity index is 355. The number of benzene rings is 1. The molecule has 0 saturated carbocycles. The van der Waals surface area contributed by atoms with Gasteiger partial charge in [0.2, 0.25) is 0 Å². The van der Waals surface area contributed by atoms with Gasteiger partial charge in [-0.25, -0.2) is 0 Å². The molecule has 0 aliphatic heterocycles. The van der Waals surface area contributed by atoms with Gasteiger partial charge in [-0.3, -0.25) is 4.79 Å². The summed E-state index contributed by atoms with van der Waals surface area (Å²) in [6.45, 7) is 0. The van der Waals surface area contributed by atoms with E-state index < -0.39 is 12.2 Å². The minimum Gasteiger partial charge on any atom is -0.389 e. The summed E-state index contributed by atoms with van der Waals surface area (Å²) >= 11 is 6.31. The molecule has 0 bridgehead atoms. The van der Waals surface area contributed by atoms with Crippen LogP contribution >= 0.6 is 31.9 Å². The first kappa shape index (κ1) is 12.8. The lowest BCUT2D eigenvalue weighted by atomic mass is 10.0. The van der Waals surface area contributed by atoms with Crippen LogP contribution in [0.15, 0.2) is 22.7 Å². The van der Waals surface area contributed by atoms with E-state index in [-0.39, 0.29) is 5.33 Å². The Morgan fingerprint density at radius 1 is 1.33 bits per heavy atom. The molecule has 1 rings (SSSR count). The molecular weight excluding hydrogens is 328 g/mol. The molecule has 0 saturated heterocycles. The molecule has 15 heavy (non-hydrogen) atoms. The molecule has 0 aliphatic rings. The van der Waals surface area contributed by atoms with E-state index >= 15 is 0 Å². The largest absolute Gasteiger partial charge is 0.389 e. The van der Waals surface area contributed by atoms with Crippen molar-refractivity contribution >= 4 is 38.1 Å². The van der Waals surface area contributed by atoms with Crippen LogP contribution in [0.5, 0.6) is 0 Å². The molecule has 0 radical (unpaired) electrons. The van der Waals surface area contributed by atoms with E-state index in [4.69, 9.17) is 0 Å². The first-order chi connectivity index (χ1) is 7.08. The summed E-state index contributed by atoms with van der Waals surface area (Å²) < 4.78 is 0.697. The molecule has 0 aliphatic carbocycles. The Morgan fingerprint density at radius 2 is 2.00 bits per heavy atom. The zero-order chi connectivity index (χ0) is 11.4. The van der Waals surface area contributed by atoms with Crippen molar-refractivity contribution in [1.29, 1.82) is 0 Å². The van der Waals surface area contributed by atoms with E-state index in [0.29, 0.717) is 21.9 Å². The first-order valence-corrected chi connectivity index (χ1v) is 6.17. The summed E-state index contributed by atoms with van der Waals surface area (Å²) in [6, 6.07) is 4.86. The second kappa shape index (κ2) is 5.75. The van der Waals surface area contributed by atoms with Crippen molar-refractivity contribution in [3.05, 3.63) is 33.8 Å². The molecule has 2 N–H and O–H groups in total. The van der Waals surface area contributed by atoms with Crippen molar-refractivity contribution in [1.82, 2.24) is 0 Å². The Labute approximate surface area is 104 Å². The Hall–Kier alpha value is -0.230. The lowest BCUT2D eigenvalue weighted by Crippen LogP contribution is -2.19. The monoisotopic (exact) mass is 336 g/mol. The molecule has 0 amide bonds. The summed E-state index contributed by atoms with van der Waals surface area (Å²) in [7, 11) is 0. The molecule has 82 valence electrons. The van der Waals surface area contributed by atoms with E-state index in [0.717, 1.165) is 0 Å². The number of carbonyl (C=O) groups is 1. The van der Waals surface area contributed by atoms with E-state index in [1.54, 1.807) is 18.2 Å². The highest BCUT2D eigenvalue weighted by atomic mass is 79.9. The molecule has 5 heteroatoms. The predicted octanol–water partition coefficient (Wildman–Crippen LogP) is 2.05. The van der Waals surface area contributed by atoms with Gasteiger partial charge in [0, 0.05) is 15.4 Å². The minimum absolute atomic E-state index is 0.275. The third kappa shape index (κ3) is 3.38. The number of aldehydes is 1. The van der Waals surface area contributed by atoms with E-state index in [2.05, 4.69) is 31.9 Å². The number of hydrogen-bond donors (Lipinski definition) is 2. The van der Waals surface area contributed by atoms with Crippen LogP contribution in [0.3, 0.4) is 0 Å². The number of aliphatic hydroxyl groups is 2. The molecule has 1 aromatic rings. The maximum atomic E-state index is 10.6. The molecule has 1 aromatic carbocycles. The van der Waals surface area contributed by atoms with Gasteiger partial charge in [-0.15, -0.1) is 0 Å². The van der Waals surface area contributed by atoms with Crippen molar-refractivity contribution in [2.75, 3.05) is 5.33 Å². The van der Waals surface area contributed by atoms with Crippen LogP contribution < -0.4 is 0 Å². The number of hydrogen-bond acceptors (Lipinski definition) is 3. The van der Waals surface area contributed by atoms with Crippen molar-refractivity contribution in [3.8, 4) is 0 Å². The SMILES string of the molecule is O=Cc1cc(Br)cc(C(O)C(O)CBr)c1.